The van der Waals surface area contributed by atoms with E-state index < -0.39 is 0 Å². The molecule has 2 N–H and O–H groups in total. The zero-order valence-electron chi connectivity index (χ0n) is 8.60. The van der Waals surface area contributed by atoms with Gasteiger partial charge in [0.25, 0.3) is 0 Å². The molecular formula is C11H16N2O. The summed E-state index contributed by atoms with van der Waals surface area (Å²) >= 11 is 0. The quantitative estimate of drug-likeness (QED) is 0.584. The minimum absolute atomic E-state index is 0.0160. The normalized spacial score (nSPS) is 13.8. The molecule has 0 spiro atoms. The molecule has 0 bridgehead atoms. The van der Waals surface area contributed by atoms with E-state index in [1.807, 2.05) is 44.2 Å². The second-order valence-corrected chi connectivity index (χ2v) is 3.32. The fourth-order valence-electron chi connectivity index (χ4n) is 0.984. The van der Waals surface area contributed by atoms with Crippen LogP contribution < -0.4 is 5.73 Å². The number of nitrogens with zero attached hydrogens (tertiary/aromatic N) is 1. The Morgan fingerprint density at radius 1 is 1.43 bits per heavy atom. The van der Waals surface area contributed by atoms with Gasteiger partial charge in [0.15, 0.2) is 0 Å². The lowest BCUT2D eigenvalue weighted by Gasteiger charge is -2.04. The summed E-state index contributed by atoms with van der Waals surface area (Å²) < 4.78 is 0. The van der Waals surface area contributed by atoms with Crippen molar-refractivity contribution in [2.45, 2.75) is 19.9 Å². The highest BCUT2D eigenvalue weighted by molar-refractivity contribution is 5.98. The van der Waals surface area contributed by atoms with Crippen molar-refractivity contribution in [3.63, 3.8) is 0 Å². The molecule has 0 saturated heterocycles. The molecule has 0 saturated carbocycles. The Kier molecular flexibility index (Phi) is 4.13. The van der Waals surface area contributed by atoms with Crippen LogP contribution in [0.4, 0.5) is 0 Å². The lowest BCUT2D eigenvalue weighted by atomic mass is 10.1. The van der Waals surface area contributed by atoms with Gasteiger partial charge >= 0.3 is 0 Å². The van der Waals surface area contributed by atoms with E-state index in [1.165, 1.54) is 0 Å². The van der Waals surface area contributed by atoms with Gasteiger partial charge in [0, 0.05) is 6.04 Å². The summed E-state index contributed by atoms with van der Waals surface area (Å²) in [5.41, 5.74) is 7.46. The number of nitrogens with two attached hydrogens (primary N) is 1. The van der Waals surface area contributed by atoms with E-state index in [1.54, 1.807) is 0 Å². The molecule has 14 heavy (non-hydrogen) atoms. The Labute approximate surface area is 84.6 Å². The predicted molar refractivity (Wildman–Crippen MR) is 58.3 cm³/mol. The first kappa shape index (κ1) is 10.7. The van der Waals surface area contributed by atoms with Gasteiger partial charge in [-0.1, -0.05) is 35.5 Å². The van der Waals surface area contributed by atoms with Crippen LogP contribution >= 0.6 is 0 Å². The van der Waals surface area contributed by atoms with E-state index in [0.717, 1.165) is 11.3 Å². The lowest BCUT2D eigenvalue weighted by Crippen LogP contribution is -2.20. The minimum Gasteiger partial charge on any atom is -0.394 e. The third kappa shape index (κ3) is 3.58. The molecular weight excluding hydrogens is 176 g/mol. The van der Waals surface area contributed by atoms with Crippen molar-refractivity contribution in [3.05, 3.63) is 35.9 Å². The first-order valence-electron chi connectivity index (χ1n) is 4.67. The molecule has 0 aliphatic rings. The first-order valence-corrected chi connectivity index (χ1v) is 4.67. The van der Waals surface area contributed by atoms with Gasteiger partial charge < -0.3 is 10.6 Å². The zero-order valence-corrected chi connectivity index (χ0v) is 8.60. The van der Waals surface area contributed by atoms with Crippen LogP contribution in [0.5, 0.6) is 0 Å². The van der Waals surface area contributed by atoms with E-state index in [2.05, 4.69) is 5.16 Å². The Hall–Kier alpha value is -1.35. The second-order valence-electron chi connectivity index (χ2n) is 3.32. The molecule has 1 aromatic carbocycles. The second kappa shape index (κ2) is 5.40. The molecule has 1 unspecified atom stereocenters. The van der Waals surface area contributed by atoms with E-state index in [9.17, 15) is 0 Å². The van der Waals surface area contributed by atoms with Gasteiger partial charge in [-0.3, -0.25) is 0 Å². The summed E-state index contributed by atoms with van der Waals surface area (Å²) in [6.45, 7) is 4.24. The van der Waals surface area contributed by atoms with E-state index >= 15 is 0 Å². The number of oxime groups is 1. The van der Waals surface area contributed by atoms with Gasteiger partial charge in [-0.05, 0) is 19.4 Å². The van der Waals surface area contributed by atoms with Crippen LogP contribution in [0.3, 0.4) is 0 Å². The molecule has 0 aliphatic heterocycles. The Morgan fingerprint density at radius 3 is 2.64 bits per heavy atom. The first-order chi connectivity index (χ1) is 6.70. The monoisotopic (exact) mass is 192 g/mol. The number of hydrogen-bond donors (Lipinski definition) is 1. The van der Waals surface area contributed by atoms with Crippen LogP contribution in [0.25, 0.3) is 0 Å². The van der Waals surface area contributed by atoms with E-state index in [-0.39, 0.29) is 6.04 Å². The molecule has 3 nitrogen and oxygen atoms in total. The average Bonchev–Trinajstić information content (AvgIpc) is 2.18. The number of hydrogen-bond acceptors (Lipinski definition) is 3. The predicted octanol–water partition coefficient (Wildman–Crippen LogP) is 1.77. The SMILES string of the molecule is CC(=NOCC(C)N)c1ccccc1. The van der Waals surface area contributed by atoms with Crippen molar-refractivity contribution in [2.75, 3.05) is 6.61 Å². The fraction of sp³-hybridized carbons (Fsp3) is 0.364. The summed E-state index contributed by atoms with van der Waals surface area (Å²) in [6, 6.07) is 9.92. The van der Waals surface area contributed by atoms with Crippen LogP contribution in [-0.4, -0.2) is 18.4 Å². The van der Waals surface area contributed by atoms with Crippen LogP contribution in [0, 0.1) is 0 Å². The summed E-state index contributed by atoms with van der Waals surface area (Å²) in [4.78, 5) is 5.07. The van der Waals surface area contributed by atoms with Crippen molar-refractivity contribution in [1.82, 2.24) is 0 Å². The standard InChI is InChI=1S/C11H16N2O/c1-9(12)8-14-13-10(2)11-6-4-3-5-7-11/h3-7,9H,8,12H2,1-2H3. The van der Waals surface area contributed by atoms with Crippen LogP contribution in [0.1, 0.15) is 19.4 Å². The van der Waals surface area contributed by atoms with Crippen LogP contribution in [0.15, 0.2) is 35.5 Å². The van der Waals surface area contributed by atoms with Crippen LogP contribution in [-0.2, 0) is 4.84 Å². The summed E-state index contributed by atoms with van der Waals surface area (Å²) in [7, 11) is 0. The molecule has 0 radical (unpaired) electrons. The van der Waals surface area contributed by atoms with Gasteiger partial charge in [-0.2, -0.15) is 0 Å². The lowest BCUT2D eigenvalue weighted by molar-refractivity contribution is 0.134. The maximum absolute atomic E-state index is 5.52. The van der Waals surface area contributed by atoms with Gasteiger partial charge in [-0.15, -0.1) is 0 Å². The summed E-state index contributed by atoms with van der Waals surface area (Å²) in [5, 5.41) is 3.97. The average molecular weight is 192 g/mol. The fourth-order valence-corrected chi connectivity index (χ4v) is 0.984. The topological polar surface area (TPSA) is 47.6 Å². The largest absolute Gasteiger partial charge is 0.394 e. The van der Waals surface area contributed by atoms with Gasteiger partial charge in [0.1, 0.15) is 6.61 Å². The summed E-state index contributed by atoms with van der Waals surface area (Å²) in [5.74, 6) is 0. The number of rotatable bonds is 4. The number of benzene rings is 1. The van der Waals surface area contributed by atoms with Gasteiger partial charge in [0.05, 0.1) is 5.71 Å². The third-order valence-electron chi connectivity index (χ3n) is 1.73. The highest BCUT2D eigenvalue weighted by Crippen LogP contribution is 2.00. The van der Waals surface area contributed by atoms with Crippen molar-refractivity contribution in [1.29, 1.82) is 0 Å². The van der Waals surface area contributed by atoms with Gasteiger partial charge in [0.2, 0.25) is 0 Å². The van der Waals surface area contributed by atoms with Crippen molar-refractivity contribution in [3.8, 4) is 0 Å². The Balaban J connectivity index is 2.53. The molecule has 0 heterocycles. The van der Waals surface area contributed by atoms with Crippen LogP contribution in [0.2, 0.25) is 0 Å². The highest BCUT2D eigenvalue weighted by Gasteiger charge is 1.96. The molecule has 0 aromatic heterocycles. The van der Waals surface area contributed by atoms with Crippen molar-refractivity contribution < 1.29 is 4.84 Å². The maximum Gasteiger partial charge on any atom is 0.131 e. The smallest absolute Gasteiger partial charge is 0.131 e. The zero-order chi connectivity index (χ0) is 10.4. The van der Waals surface area contributed by atoms with Crippen molar-refractivity contribution in [2.24, 2.45) is 10.9 Å². The van der Waals surface area contributed by atoms with E-state index in [0.29, 0.717) is 6.61 Å². The Bertz CT molecular complexity index is 293. The maximum atomic E-state index is 5.52. The molecule has 3 heteroatoms. The third-order valence-corrected chi connectivity index (χ3v) is 1.73. The molecule has 76 valence electrons. The Morgan fingerprint density at radius 2 is 2.07 bits per heavy atom. The van der Waals surface area contributed by atoms with Gasteiger partial charge in [-0.25, -0.2) is 0 Å². The molecule has 0 fully saturated rings. The molecule has 1 atom stereocenters. The van der Waals surface area contributed by atoms with E-state index in [4.69, 9.17) is 10.6 Å². The molecule has 1 rings (SSSR count). The molecule has 0 aliphatic carbocycles. The minimum atomic E-state index is 0.0160. The molecule has 0 amide bonds. The highest BCUT2D eigenvalue weighted by atomic mass is 16.6. The molecule has 1 aromatic rings. The summed E-state index contributed by atoms with van der Waals surface area (Å²) in [6.07, 6.45) is 0. The van der Waals surface area contributed by atoms with Crippen molar-refractivity contribution >= 4 is 5.71 Å².